The molecule has 0 unspecified atom stereocenters. The molecule has 0 saturated heterocycles. The highest BCUT2D eigenvalue weighted by Crippen LogP contribution is 2.25. The fourth-order valence-corrected chi connectivity index (χ4v) is 2.27. The van der Waals surface area contributed by atoms with Gasteiger partial charge in [0.25, 0.3) is 6.43 Å². The first-order chi connectivity index (χ1) is 6.65. The van der Waals surface area contributed by atoms with Crippen molar-refractivity contribution in [3.63, 3.8) is 0 Å². The molecule has 0 bridgehead atoms. The van der Waals surface area contributed by atoms with Crippen molar-refractivity contribution in [2.45, 2.75) is 19.3 Å². The van der Waals surface area contributed by atoms with Crippen LogP contribution in [0.5, 0.6) is 0 Å². The van der Waals surface area contributed by atoms with Gasteiger partial charge in [-0.15, -0.1) is 0 Å². The zero-order chi connectivity index (χ0) is 10.6. The molecule has 0 aliphatic heterocycles. The summed E-state index contributed by atoms with van der Waals surface area (Å²) < 4.78 is 25.5. The topological polar surface area (TPSA) is 0 Å². The zero-order valence-electron chi connectivity index (χ0n) is 7.44. The maximum atomic E-state index is 12.4. The van der Waals surface area contributed by atoms with Crippen LogP contribution in [0.4, 0.5) is 8.78 Å². The van der Waals surface area contributed by atoms with Crippen molar-refractivity contribution in [1.82, 2.24) is 0 Å². The Labute approximate surface area is 104 Å². The molecule has 0 saturated carbocycles. The van der Waals surface area contributed by atoms with E-state index in [1.165, 1.54) is 6.07 Å². The third kappa shape index (κ3) is 3.46. The van der Waals surface area contributed by atoms with E-state index in [1.807, 2.05) is 28.7 Å². The third-order valence-electron chi connectivity index (χ3n) is 1.90. The summed E-state index contributed by atoms with van der Waals surface area (Å²) in [5.74, 6) is 0. The van der Waals surface area contributed by atoms with Crippen LogP contribution in [-0.2, 0) is 6.42 Å². The standard InChI is InChI=1S/C10H10BrF2I/c11-5-1-2-7-3-4-8(10(12)13)9(14)6-7/h3-4,6,10H,1-2,5H2. The van der Waals surface area contributed by atoms with E-state index in [9.17, 15) is 8.78 Å². The zero-order valence-corrected chi connectivity index (χ0v) is 11.2. The summed E-state index contributed by atoms with van der Waals surface area (Å²) in [6, 6.07) is 5.15. The summed E-state index contributed by atoms with van der Waals surface area (Å²) in [5.41, 5.74) is 1.26. The Balaban J connectivity index is 2.78. The van der Waals surface area contributed by atoms with Crippen LogP contribution in [0.15, 0.2) is 18.2 Å². The number of hydrogen-bond acceptors (Lipinski definition) is 0. The summed E-state index contributed by atoms with van der Waals surface area (Å²) in [4.78, 5) is 0. The number of aryl methyl sites for hydroxylation is 1. The van der Waals surface area contributed by atoms with Crippen LogP contribution >= 0.6 is 38.5 Å². The molecule has 0 aromatic heterocycles. The first-order valence-electron chi connectivity index (χ1n) is 4.27. The highest BCUT2D eigenvalue weighted by atomic mass is 127. The van der Waals surface area contributed by atoms with Crippen molar-refractivity contribution in [1.29, 1.82) is 0 Å². The maximum absolute atomic E-state index is 12.4. The molecule has 1 aromatic carbocycles. The normalized spacial score (nSPS) is 10.9. The Morgan fingerprint density at radius 1 is 1.36 bits per heavy atom. The average Bonchev–Trinajstić information content (AvgIpc) is 2.14. The number of halogens is 4. The molecule has 0 N–H and O–H groups in total. The lowest BCUT2D eigenvalue weighted by molar-refractivity contribution is 0.150. The van der Waals surface area contributed by atoms with Crippen LogP contribution in [0.25, 0.3) is 0 Å². The molecule has 0 radical (unpaired) electrons. The smallest absolute Gasteiger partial charge is 0.205 e. The van der Waals surface area contributed by atoms with E-state index >= 15 is 0 Å². The van der Waals surface area contributed by atoms with Gasteiger partial charge in [-0.25, -0.2) is 8.78 Å². The second-order valence-electron chi connectivity index (χ2n) is 2.95. The van der Waals surface area contributed by atoms with Gasteiger partial charge in [0.15, 0.2) is 0 Å². The lowest BCUT2D eigenvalue weighted by Crippen LogP contribution is -1.93. The summed E-state index contributed by atoms with van der Waals surface area (Å²) in [6.45, 7) is 0. The lowest BCUT2D eigenvalue weighted by Gasteiger charge is -2.05. The Morgan fingerprint density at radius 3 is 2.57 bits per heavy atom. The summed E-state index contributed by atoms with van der Waals surface area (Å²) in [7, 11) is 0. The Morgan fingerprint density at radius 2 is 2.07 bits per heavy atom. The van der Waals surface area contributed by atoms with Gasteiger partial charge in [-0.3, -0.25) is 0 Å². The molecule has 14 heavy (non-hydrogen) atoms. The van der Waals surface area contributed by atoms with Gasteiger partial charge in [0.05, 0.1) is 0 Å². The minimum atomic E-state index is -2.37. The highest BCUT2D eigenvalue weighted by Gasteiger charge is 2.10. The van der Waals surface area contributed by atoms with Gasteiger partial charge in [-0.05, 0) is 47.1 Å². The van der Waals surface area contributed by atoms with Crippen LogP contribution < -0.4 is 0 Å². The van der Waals surface area contributed by atoms with Gasteiger partial charge in [-0.2, -0.15) is 0 Å². The Bertz CT molecular complexity index is 302. The second-order valence-corrected chi connectivity index (χ2v) is 4.90. The van der Waals surface area contributed by atoms with Crippen LogP contribution in [0.3, 0.4) is 0 Å². The summed E-state index contributed by atoms with van der Waals surface area (Å²) in [5, 5.41) is 0.945. The molecule has 0 aliphatic rings. The van der Waals surface area contributed by atoms with E-state index in [0.717, 1.165) is 23.7 Å². The molecule has 4 heteroatoms. The van der Waals surface area contributed by atoms with Crippen molar-refractivity contribution in [2.24, 2.45) is 0 Å². The number of rotatable bonds is 4. The quantitative estimate of drug-likeness (QED) is 0.535. The molecule has 0 atom stereocenters. The monoisotopic (exact) mass is 374 g/mol. The predicted octanol–water partition coefficient (Wildman–Crippen LogP) is 4.56. The van der Waals surface area contributed by atoms with Gasteiger partial charge in [0, 0.05) is 14.5 Å². The largest absolute Gasteiger partial charge is 0.264 e. The van der Waals surface area contributed by atoms with E-state index in [1.54, 1.807) is 6.07 Å². The molecule has 0 heterocycles. The SMILES string of the molecule is FC(F)c1ccc(CCCBr)cc1I. The van der Waals surface area contributed by atoms with Crippen LogP contribution in [0, 0.1) is 3.57 Å². The lowest BCUT2D eigenvalue weighted by atomic mass is 10.1. The van der Waals surface area contributed by atoms with E-state index < -0.39 is 6.43 Å². The second kappa shape index (κ2) is 6.00. The van der Waals surface area contributed by atoms with Crippen molar-refractivity contribution >= 4 is 38.5 Å². The van der Waals surface area contributed by atoms with Gasteiger partial charge in [0.1, 0.15) is 0 Å². The highest BCUT2D eigenvalue weighted by molar-refractivity contribution is 14.1. The van der Waals surface area contributed by atoms with Crippen molar-refractivity contribution < 1.29 is 8.78 Å². The summed E-state index contributed by atoms with van der Waals surface area (Å²) in [6.07, 6.45) is -0.401. The van der Waals surface area contributed by atoms with Crippen LogP contribution in [0.1, 0.15) is 24.0 Å². The first-order valence-corrected chi connectivity index (χ1v) is 6.47. The van der Waals surface area contributed by atoms with E-state index in [0.29, 0.717) is 3.57 Å². The predicted molar refractivity (Wildman–Crippen MR) is 66.2 cm³/mol. The van der Waals surface area contributed by atoms with Crippen molar-refractivity contribution in [3.05, 3.63) is 32.9 Å². The number of hydrogen-bond donors (Lipinski definition) is 0. The molecular formula is C10H10BrF2I. The Kier molecular flexibility index (Phi) is 5.30. The maximum Gasteiger partial charge on any atom is 0.264 e. The minimum Gasteiger partial charge on any atom is -0.205 e. The van der Waals surface area contributed by atoms with Gasteiger partial charge in [-0.1, -0.05) is 28.1 Å². The fourth-order valence-electron chi connectivity index (χ4n) is 1.17. The molecule has 0 fully saturated rings. The van der Waals surface area contributed by atoms with Gasteiger partial charge < -0.3 is 0 Å². The van der Waals surface area contributed by atoms with Crippen molar-refractivity contribution in [2.75, 3.05) is 5.33 Å². The fraction of sp³-hybridized carbons (Fsp3) is 0.400. The molecule has 0 spiro atoms. The Hall–Kier alpha value is 0.290. The number of benzene rings is 1. The minimum absolute atomic E-state index is 0.133. The summed E-state index contributed by atoms with van der Waals surface area (Å²) >= 11 is 5.30. The molecular weight excluding hydrogens is 365 g/mol. The van der Waals surface area contributed by atoms with Crippen LogP contribution in [0.2, 0.25) is 0 Å². The molecule has 1 aromatic rings. The van der Waals surface area contributed by atoms with Gasteiger partial charge in [0.2, 0.25) is 0 Å². The van der Waals surface area contributed by atoms with E-state index in [-0.39, 0.29) is 5.56 Å². The van der Waals surface area contributed by atoms with Crippen molar-refractivity contribution in [3.8, 4) is 0 Å². The average molecular weight is 375 g/mol. The molecule has 0 amide bonds. The molecule has 78 valence electrons. The van der Waals surface area contributed by atoms with E-state index in [2.05, 4.69) is 15.9 Å². The first kappa shape index (κ1) is 12.4. The molecule has 1 rings (SSSR count). The molecule has 0 nitrogen and oxygen atoms in total. The van der Waals surface area contributed by atoms with Crippen LogP contribution in [-0.4, -0.2) is 5.33 Å². The third-order valence-corrected chi connectivity index (χ3v) is 3.39. The van der Waals surface area contributed by atoms with E-state index in [4.69, 9.17) is 0 Å². The number of alkyl halides is 3. The van der Waals surface area contributed by atoms with Gasteiger partial charge >= 0.3 is 0 Å². The molecule has 0 aliphatic carbocycles.